The largest absolute Gasteiger partial charge is 0.383 e. The number of rotatable bonds is 6. The van der Waals surface area contributed by atoms with Crippen LogP contribution in [0.2, 0.25) is 0 Å². The smallest absolute Gasteiger partial charge is 0.254 e. The molecule has 0 aliphatic rings. The summed E-state index contributed by atoms with van der Waals surface area (Å²) < 4.78 is 6.43. The number of nitrogens with one attached hydrogen (secondary N) is 1. The molecule has 0 saturated heterocycles. The van der Waals surface area contributed by atoms with Crippen LogP contribution in [0.3, 0.4) is 0 Å². The van der Waals surface area contributed by atoms with Crippen molar-refractivity contribution in [1.82, 2.24) is 10.2 Å². The summed E-state index contributed by atoms with van der Waals surface area (Å²) in [6, 6.07) is 5.27. The first-order chi connectivity index (χ1) is 9.43. The number of hydrogen-bond donors (Lipinski definition) is 1. The Morgan fingerprint density at radius 1 is 1.25 bits per heavy atom. The molecule has 0 radical (unpaired) electrons. The molecule has 0 saturated carbocycles. The topological polar surface area (TPSA) is 58.6 Å². The first kappa shape index (κ1) is 17.1. The SMILES string of the molecule is COCCNC(=O)CN(C)C(=O)c1cc(Br)cc(Br)c1. The fourth-order valence-electron chi connectivity index (χ4n) is 1.53. The Labute approximate surface area is 134 Å². The first-order valence-corrected chi connectivity index (χ1v) is 7.50. The standard InChI is InChI=1S/C13H16Br2N2O3/c1-17(8-12(18)16-3-4-20-2)13(19)9-5-10(14)7-11(15)6-9/h5-7H,3-4,8H2,1-2H3,(H,16,18). The van der Waals surface area contributed by atoms with Gasteiger partial charge in [-0.3, -0.25) is 9.59 Å². The van der Waals surface area contributed by atoms with Crippen molar-refractivity contribution in [3.05, 3.63) is 32.7 Å². The molecule has 1 rings (SSSR count). The Morgan fingerprint density at radius 2 is 1.85 bits per heavy atom. The zero-order chi connectivity index (χ0) is 15.1. The van der Waals surface area contributed by atoms with Crippen LogP contribution in [0.25, 0.3) is 0 Å². The van der Waals surface area contributed by atoms with Crippen molar-refractivity contribution in [3.8, 4) is 0 Å². The van der Waals surface area contributed by atoms with E-state index in [1.807, 2.05) is 6.07 Å². The highest BCUT2D eigenvalue weighted by Crippen LogP contribution is 2.20. The Hall–Kier alpha value is -0.920. The minimum Gasteiger partial charge on any atom is -0.383 e. The van der Waals surface area contributed by atoms with Gasteiger partial charge in [-0.05, 0) is 18.2 Å². The highest BCUT2D eigenvalue weighted by molar-refractivity contribution is 9.11. The first-order valence-electron chi connectivity index (χ1n) is 5.91. The predicted octanol–water partition coefficient (Wildman–Crippen LogP) is 2.05. The fraction of sp³-hybridized carbons (Fsp3) is 0.385. The molecule has 7 heteroatoms. The van der Waals surface area contributed by atoms with Gasteiger partial charge in [-0.15, -0.1) is 0 Å². The number of carbonyl (C=O) groups is 2. The van der Waals surface area contributed by atoms with Gasteiger partial charge >= 0.3 is 0 Å². The molecule has 0 unspecified atom stereocenters. The molecule has 1 N–H and O–H groups in total. The lowest BCUT2D eigenvalue weighted by Crippen LogP contribution is -2.39. The van der Waals surface area contributed by atoms with Crippen molar-refractivity contribution >= 4 is 43.7 Å². The zero-order valence-electron chi connectivity index (χ0n) is 11.3. The van der Waals surface area contributed by atoms with E-state index in [1.54, 1.807) is 26.3 Å². The molecule has 0 atom stereocenters. The van der Waals surface area contributed by atoms with E-state index in [0.29, 0.717) is 18.7 Å². The summed E-state index contributed by atoms with van der Waals surface area (Å²) in [6.45, 7) is 0.883. The average molecular weight is 408 g/mol. The minimum atomic E-state index is -0.216. The monoisotopic (exact) mass is 406 g/mol. The number of methoxy groups -OCH3 is 1. The van der Waals surface area contributed by atoms with Crippen molar-refractivity contribution in [2.45, 2.75) is 0 Å². The Balaban J connectivity index is 2.60. The molecule has 0 fully saturated rings. The molecule has 1 aromatic carbocycles. The van der Waals surface area contributed by atoms with Crippen molar-refractivity contribution < 1.29 is 14.3 Å². The molecule has 0 aliphatic carbocycles. The summed E-state index contributed by atoms with van der Waals surface area (Å²) in [5, 5.41) is 2.67. The third-order valence-electron chi connectivity index (χ3n) is 2.47. The molecule has 110 valence electrons. The van der Waals surface area contributed by atoms with Crippen LogP contribution >= 0.6 is 31.9 Å². The van der Waals surface area contributed by atoms with Crippen LogP contribution in [0.1, 0.15) is 10.4 Å². The van der Waals surface area contributed by atoms with E-state index in [2.05, 4.69) is 37.2 Å². The lowest BCUT2D eigenvalue weighted by molar-refractivity contribution is -0.121. The summed E-state index contributed by atoms with van der Waals surface area (Å²) in [6.07, 6.45) is 0. The van der Waals surface area contributed by atoms with Gasteiger partial charge in [0.15, 0.2) is 0 Å². The van der Waals surface area contributed by atoms with E-state index in [4.69, 9.17) is 4.74 Å². The van der Waals surface area contributed by atoms with E-state index in [1.165, 1.54) is 4.90 Å². The summed E-state index contributed by atoms with van der Waals surface area (Å²) in [4.78, 5) is 25.2. The van der Waals surface area contributed by atoms with Crippen LogP contribution in [0.15, 0.2) is 27.1 Å². The second kappa shape index (κ2) is 8.39. The molecule has 2 amide bonds. The maximum atomic E-state index is 12.2. The average Bonchev–Trinajstić information content (AvgIpc) is 2.36. The third-order valence-corrected chi connectivity index (χ3v) is 3.38. The van der Waals surface area contributed by atoms with E-state index in [9.17, 15) is 9.59 Å². The predicted molar refractivity (Wildman–Crippen MR) is 83.7 cm³/mol. The van der Waals surface area contributed by atoms with Gasteiger partial charge in [-0.1, -0.05) is 31.9 Å². The lowest BCUT2D eigenvalue weighted by Gasteiger charge is -2.17. The molecular weight excluding hydrogens is 392 g/mol. The zero-order valence-corrected chi connectivity index (χ0v) is 14.5. The third kappa shape index (κ3) is 5.60. The molecule has 1 aromatic rings. The molecular formula is C13H16Br2N2O3. The van der Waals surface area contributed by atoms with E-state index >= 15 is 0 Å². The molecule has 20 heavy (non-hydrogen) atoms. The van der Waals surface area contributed by atoms with Crippen LogP contribution in [0.4, 0.5) is 0 Å². The Kier molecular flexibility index (Phi) is 7.18. The van der Waals surface area contributed by atoms with Crippen LogP contribution in [-0.4, -0.2) is 50.6 Å². The quantitative estimate of drug-likeness (QED) is 0.734. The number of carbonyl (C=O) groups excluding carboxylic acids is 2. The van der Waals surface area contributed by atoms with Crippen molar-refractivity contribution in [3.63, 3.8) is 0 Å². The maximum Gasteiger partial charge on any atom is 0.254 e. The summed E-state index contributed by atoms with van der Waals surface area (Å²) in [7, 11) is 3.15. The van der Waals surface area contributed by atoms with Crippen LogP contribution in [0.5, 0.6) is 0 Å². The second-order valence-corrected chi connectivity index (χ2v) is 5.99. The number of benzene rings is 1. The maximum absolute atomic E-state index is 12.2. The van der Waals surface area contributed by atoms with E-state index in [-0.39, 0.29) is 18.4 Å². The second-order valence-electron chi connectivity index (χ2n) is 4.16. The van der Waals surface area contributed by atoms with Gasteiger partial charge in [0.1, 0.15) is 0 Å². The van der Waals surface area contributed by atoms with Gasteiger partial charge in [-0.2, -0.15) is 0 Å². The molecule has 0 aliphatic heterocycles. The molecule has 5 nitrogen and oxygen atoms in total. The van der Waals surface area contributed by atoms with Gasteiger partial charge in [0.25, 0.3) is 5.91 Å². The van der Waals surface area contributed by atoms with Crippen LogP contribution < -0.4 is 5.32 Å². The van der Waals surface area contributed by atoms with Gasteiger partial charge in [0.2, 0.25) is 5.91 Å². The highest BCUT2D eigenvalue weighted by atomic mass is 79.9. The fourth-order valence-corrected chi connectivity index (χ4v) is 2.83. The molecule has 0 heterocycles. The lowest BCUT2D eigenvalue weighted by atomic mass is 10.2. The number of nitrogens with zero attached hydrogens (tertiary/aromatic N) is 1. The number of ether oxygens (including phenoxy) is 1. The minimum absolute atomic E-state index is 0.00663. The van der Waals surface area contributed by atoms with Crippen molar-refractivity contribution in [2.75, 3.05) is 33.9 Å². The summed E-state index contributed by atoms with van der Waals surface area (Å²) in [5.74, 6) is -0.430. The summed E-state index contributed by atoms with van der Waals surface area (Å²) >= 11 is 6.66. The van der Waals surface area contributed by atoms with Gasteiger partial charge in [-0.25, -0.2) is 0 Å². The molecule has 0 aromatic heterocycles. The molecule has 0 bridgehead atoms. The van der Waals surface area contributed by atoms with E-state index in [0.717, 1.165) is 8.95 Å². The van der Waals surface area contributed by atoms with Gasteiger partial charge < -0.3 is 15.0 Å². The van der Waals surface area contributed by atoms with Crippen molar-refractivity contribution in [1.29, 1.82) is 0 Å². The normalized spacial score (nSPS) is 10.2. The number of hydrogen-bond acceptors (Lipinski definition) is 3. The number of amides is 2. The number of likely N-dealkylation sites (N-methyl/N-ethyl adjacent to an activating group) is 1. The van der Waals surface area contributed by atoms with Crippen LogP contribution in [-0.2, 0) is 9.53 Å². The van der Waals surface area contributed by atoms with Gasteiger partial charge in [0, 0.05) is 35.2 Å². The highest BCUT2D eigenvalue weighted by Gasteiger charge is 2.15. The Morgan fingerprint density at radius 3 is 2.40 bits per heavy atom. The summed E-state index contributed by atoms with van der Waals surface area (Å²) in [5.41, 5.74) is 0.512. The molecule has 0 spiro atoms. The van der Waals surface area contributed by atoms with Gasteiger partial charge in [0.05, 0.1) is 13.2 Å². The van der Waals surface area contributed by atoms with E-state index < -0.39 is 0 Å². The Bertz CT molecular complexity index is 474. The number of halogens is 2. The van der Waals surface area contributed by atoms with Crippen LogP contribution in [0, 0.1) is 0 Å². The van der Waals surface area contributed by atoms with Crippen molar-refractivity contribution in [2.24, 2.45) is 0 Å².